The van der Waals surface area contributed by atoms with Crippen molar-refractivity contribution in [2.24, 2.45) is 0 Å². The zero-order chi connectivity index (χ0) is 20.9. The third kappa shape index (κ3) is 4.87. The van der Waals surface area contributed by atoms with Crippen molar-refractivity contribution in [3.05, 3.63) is 48.3 Å². The van der Waals surface area contributed by atoms with E-state index >= 15 is 0 Å². The van der Waals surface area contributed by atoms with Gasteiger partial charge in [0, 0.05) is 37.5 Å². The summed E-state index contributed by atoms with van der Waals surface area (Å²) < 4.78 is 19.5. The second-order valence-corrected chi connectivity index (χ2v) is 9.25. The van der Waals surface area contributed by atoms with Crippen LogP contribution in [-0.2, 0) is 4.79 Å². The van der Waals surface area contributed by atoms with E-state index in [1.54, 1.807) is 42.3 Å². The van der Waals surface area contributed by atoms with Gasteiger partial charge in [-0.3, -0.25) is 4.79 Å². The summed E-state index contributed by atoms with van der Waals surface area (Å²) >= 11 is 3.32. The molecule has 5 nitrogen and oxygen atoms in total. The van der Waals surface area contributed by atoms with E-state index < -0.39 is 0 Å². The molecular weight excluding hydrogens is 421 g/mol. The van der Waals surface area contributed by atoms with Crippen LogP contribution in [0.15, 0.2) is 47.4 Å². The molecule has 0 bridgehead atoms. The Bertz CT molecular complexity index is 1000. The van der Waals surface area contributed by atoms with Gasteiger partial charge in [-0.1, -0.05) is 17.4 Å². The Labute approximate surface area is 183 Å². The first-order valence-corrected chi connectivity index (χ1v) is 11.8. The summed E-state index contributed by atoms with van der Waals surface area (Å²) in [6, 6.07) is 12.5. The zero-order valence-electron chi connectivity index (χ0n) is 16.8. The summed E-state index contributed by atoms with van der Waals surface area (Å²) in [6.45, 7) is 3.02. The number of hydrogen-bond acceptors (Lipinski definition) is 6. The highest BCUT2D eigenvalue weighted by molar-refractivity contribution is 7.99. The van der Waals surface area contributed by atoms with Crippen molar-refractivity contribution in [1.29, 1.82) is 0 Å². The lowest BCUT2D eigenvalue weighted by molar-refractivity contribution is -0.131. The number of fused-ring (bicyclic) bond motifs is 1. The lowest BCUT2D eigenvalue weighted by Crippen LogP contribution is -2.48. The number of carbonyl (C=O) groups is 1. The van der Waals surface area contributed by atoms with Crippen LogP contribution in [0.1, 0.15) is 12.8 Å². The van der Waals surface area contributed by atoms with Crippen molar-refractivity contribution >= 4 is 44.4 Å². The van der Waals surface area contributed by atoms with Gasteiger partial charge in [-0.05, 0) is 48.6 Å². The Morgan fingerprint density at radius 1 is 1.17 bits per heavy atom. The molecule has 1 aliphatic rings. The van der Waals surface area contributed by atoms with Gasteiger partial charge in [0.1, 0.15) is 17.1 Å². The Morgan fingerprint density at radius 3 is 2.67 bits per heavy atom. The Kier molecular flexibility index (Phi) is 6.74. The fourth-order valence-electron chi connectivity index (χ4n) is 3.46. The highest BCUT2D eigenvalue weighted by Crippen LogP contribution is 2.34. The van der Waals surface area contributed by atoms with Crippen molar-refractivity contribution in [2.75, 3.05) is 43.9 Å². The van der Waals surface area contributed by atoms with E-state index in [-0.39, 0.29) is 11.7 Å². The largest absolute Gasteiger partial charge is 0.494 e. The molecule has 4 rings (SSSR count). The fraction of sp³-hybridized carbons (Fsp3) is 0.364. The van der Waals surface area contributed by atoms with Crippen molar-refractivity contribution in [1.82, 2.24) is 9.88 Å². The second-order valence-electron chi connectivity index (χ2n) is 7.08. The molecule has 1 amide bonds. The Balaban J connectivity index is 1.24. The number of thiazole rings is 1. The summed E-state index contributed by atoms with van der Waals surface area (Å²) in [7, 11) is 1.66. The number of rotatable bonds is 7. The number of hydrogen-bond donors (Lipinski definition) is 0. The minimum absolute atomic E-state index is 0.209. The normalized spacial score (nSPS) is 14.3. The lowest BCUT2D eigenvalue weighted by atomic mass is 10.2. The Morgan fingerprint density at radius 2 is 1.93 bits per heavy atom. The van der Waals surface area contributed by atoms with E-state index in [1.807, 2.05) is 17.0 Å². The molecular formula is C22H24FN3O2S2. The summed E-state index contributed by atoms with van der Waals surface area (Å²) in [5, 5.41) is 0.984. The predicted octanol–water partition coefficient (Wildman–Crippen LogP) is 4.67. The third-order valence-corrected chi connectivity index (χ3v) is 7.29. The molecule has 2 aromatic carbocycles. The number of halogens is 1. The van der Waals surface area contributed by atoms with Gasteiger partial charge >= 0.3 is 0 Å². The quantitative estimate of drug-likeness (QED) is 0.391. The molecule has 0 radical (unpaired) electrons. The molecule has 2 heterocycles. The zero-order valence-corrected chi connectivity index (χ0v) is 18.5. The van der Waals surface area contributed by atoms with Crippen LogP contribution in [-0.4, -0.2) is 54.8 Å². The van der Waals surface area contributed by atoms with Crippen LogP contribution in [0, 0.1) is 5.82 Å². The number of para-hydroxylation sites is 1. The molecule has 1 saturated heterocycles. The van der Waals surface area contributed by atoms with E-state index in [9.17, 15) is 9.18 Å². The van der Waals surface area contributed by atoms with Crippen LogP contribution < -0.4 is 9.64 Å². The van der Waals surface area contributed by atoms with Crippen molar-refractivity contribution in [3.63, 3.8) is 0 Å². The molecule has 0 atom stereocenters. The van der Waals surface area contributed by atoms with Gasteiger partial charge in [0.15, 0.2) is 5.13 Å². The van der Waals surface area contributed by atoms with Crippen molar-refractivity contribution < 1.29 is 13.9 Å². The summed E-state index contributed by atoms with van der Waals surface area (Å²) in [5.74, 6) is 1.63. The molecule has 0 spiro atoms. The number of benzene rings is 2. The minimum Gasteiger partial charge on any atom is -0.494 e. The molecule has 1 aliphatic heterocycles. The van der Waals surface area contributed by atoms with E-state index in [0.29, 0.717) is 6.42 Å². The van der Waals surface area contributed by atoms with Gasteiger partial charge in [-0.15, -0.1) is 11.8 Å². The summed E-state index contributed by atoms with van der Waals surface area (Å²) in [6.07, 6.45) is 1.37. The SMILES string of the molecule is COc1cccc2sc(N3CCN(C(=O)CCCSc4ccc(F)cc4)CC3)nc12. The van der Waals surface area contributed by atoms with Crippen molar-refractivity contribution in [2.45, 2.75) is 17.7 Å². The lowest BCUT2D eigenvalue weighted by Gasteiger charge is -2.34. The fourth-order valence-corrected chi connectivity index (χ4v) is 5.35. The smallest absolute Gasteiger partial charge is 0.222 e. The topological polar surface area (TPSA) is 45.7 Å². The van der Waals surface area contributed by atoms with Crippen LogP contribution in [0.25, 0.3) is 10.2 Å². The molecule has 1 fully saturated rings. The van der Waals surface area contributed by atoms with E-state index in [4.69, 9.17) is 9.72 Å². The average Bonchev–Trinajstić information content (AvgIpc) is 3.22. The molecule has 0 N–H and O–H groups in total. The maximum atomic E-state index is 12.9. The van der Waals surface area contributed by atoms with Gasteiger partial charge in [-0.2, -0.15) is 0 Å². The standard InChI is InChI=1S/C22H24FN3O2S2/c1-28-18-4-2-5-19-21(18)24-22(30-19)26-13-11-25(12-14-26)20(27)6-3-15-29-17-9-7-16(23)8-10-17/h2,4-5,7-10H,3,6,11-15H2,1H3. The van der Waals surface area contributed by atoms with Crippen molar-refractivity contribution in [3.8, 4) is 5.75 Å². The molecule has 0 saturated carbocycles. The van der Waals surface area contributed by atoms with Crippen LogP contribution in [0.3, 0.4) is 0 Å². The van der Waals surface area contributed by atoms with E-state index in [1.165, 1.54) is 12.1 Å². The van der Waals surface area contributed by atoms with Gasteiger partial charge in [-0.25, -0.2) is 9.37 Å². The maximum absolute atomic E-state index is 12.9. The number of anilines is 1. The molecule has 30 heavy (non-hydrogen) atoms. The van der Waals surface area contributed by atoms with Gasteiger partial charge in [0.05, 0.1) is 11.8 Å². The first-order valence-electron chi connectivity index (χ1n) is 9.98. The number of ether oxygens (including phenoxy) is 1. The molecule has 0 aliphatic carbocycles. The monoisotopic (exact) mass is 445 g/mol. The van der Waals surface area contributed by atoms with Gasteiger partial charge in [0.2, 0.25) is 5.91 Å². The number of methoxy groups -OCH3 is 1. The van der Waals surface area contributed by atoms with Crippen LogP contribution in [0.5, 0.6) is 5.75 Å². The number of thioether (sulfide) groups is 1. The summed E-state index contributed by atoms with van der Waals surface area (Å²) in [5.41, 5.74) is 0.900. The van der Waals surface area contributed by atoms with E-state index in [2.05, 4.69) is 11.0 Å². The molecule has 3 aromatic rings. The maximum Gasteiger partial charge on any atom is 0.222 e. The molecule has 0 unspecified atom stereocenters. The van der Waals surface area contributed by atoms with Gasteiger partial charge in [0.25, 0.3) is 0 Å². The first-order chi connectivity index (χ1) is 14.6. The Hall–Kier alpha value is -2.32. The minimum atomic E-state index is -0.223. The first kappa shape index (κ1) is 20.9. The van der Waals surface area contributed by atoms with Crippen LogP contribution >= 0.6 is 23.1 Å². The van der Waals surface area contributed by atoms with Crippen LogP contribution in [0.4, 0.5) is 9.52 Å². The predicted molar refractivity (Wildman–Crippen MR) is 121 cm³/mol. The van der Waals surface area contributed by atoms with E-state index in [0.717, 1.165) is 64.3 Å². The number of aromatic nitrogens is 1. The highest BCUT2D eigenvalue weighted by Gasteiger charge is 2.23. The number of carbonyl (C=O) groups excluding carboxylic acids is 1. The third-order valence-electron chi connectivity index (χ3n) is 5.11. The average molecular weight is 446 g/mol. The highest BCUT2D eigenvalue weighted by atomic mass is 32.2. The number of nitrogens with zero attached hydrogens (tertiary/aromatic N) is 3. The molecule has 158 valence electrons. The number of amides is 1. The molecule has 8 heteroatoms. The second kappa shape index (κ2) is 9.66. The van der Waals surface area contributed by atoms with Gasteiger partial charge < -0.3 is 14.5 Å². The summed E-state index contributed by atoms with van der Waals surface area (Å²) in [4.78, 5) is 22.5. The van der Waals surface area contributed by atoms with Crippen LogP contribution in [0.2, 0.25) is 0 Å². The number of piperazine rings is 1. The molecule has 1 aromatic heterocycles.